The molecule has 2 unspecified atom stereocenters. The van der Waals surface area contributed by atoms with Gasteiger partial charge in [-0.1, -0.05) is 13.8 Å². The number of aliphatic carboxylic acids is 1. The zero-order valence-corrected chi connectivity index (χ0v) is 19.7. The maximum Gasteiger partial charge on any atom is 0.332 e. The summed E-state index contributed by atoms with van der Waals surface area (Å²) >= 11 is 0. The summed E-state index contributed by atoms with van der Waals surface area (Å²) in [5.74, 6) is -1.32. The number of carbonyl (C=O) groups is 1. The second kappa shape index (κ2) is 8.21. The number of benzene rings is 2. The summed E-state index contributed by atoms with van der Waals surface area (Å²) in [4.78, 5) is 11.7. The van der Waals surface area contributed by atoms with Crippen LogP contribution in [0.2, 0.25) is 0 Å². The second-order valence-corrected chi connectivity index (χ2v) is 9.77. The van der Waals surface area contributed by atoms with Gasteiger partial charge < -0.3 is 19.1 Å². The van der Waals surface area contributed by atoms with Crippen molar-refractivity contribution in [1.29, 1.82) is 0 Å². The van der Waals surface area contributed by atoms with Crippen molar-refractivity contribution in [2.45, 2.75) is 44.6 Å². The third kappa shape index (κ3) is 3.58. The van der Waals surface area contributed by atoms with E-state index < -0.39 is 17.5 Å². The number of aromatic amines is 1. The van der Waals surface area contributed by atoms with Crippen LogP contribution in [0.25, 0.3) is 27.5 Å². The monoisotopic (exact) mass is 465 g/mol. The normalized spacial score (nSPS) is 18.9. The van der Waals surface area contributed by atoms with Crippen LogP contribution in [0.15, 0.2) is 36.5 Å². The zero-order valence-electron chi connectivity index (χ0n) is 19.7. The lowest BCUT2D eigenvalue weighted by molar-refractivity contribution is -0.147. The molecule has 3 heterocycles. The van der Waals surface area contributed by atoms with Gasteiger partial charge in [-0.05, 0) is 54.8 Å². The topological polar surface area (TPSA) is 89.4 Å². The van der Waals surface area contributed by atoms with Crippen molar-refractivity contribution in [2.24, 2.45) is 0 Å². The predicted molar refractivity (Wildman–Crippen MR) is 127 cm³/mol. The number of carboxylic acid groups (broad SMARTS) is 1. The fraction of sp³-hybridized carbons (Fsp3) is 0.385. The summed E-state index contributed by atoms with van der Waals surface area (Å²) in [5, 5.41) is 18.7. The van der Waals surface area contributed by atoms with Crippen molar-refractivity contribution in [1.82, 2.24) is 14.8 Å². The van der Waals surface area contributed by atoms with Crippen LogP contribution in [0.1, 0.15) is 43.0 Å². The summed E-state index contributed by atoms with van der Waals surface area (Å²) < 4.78 is 27.7. The largest absolute Gasteiger partial charge is 0.479 e. The van der Waals surface area contributed by atoms with Crippen molar-refractivity contribution in [3.63, 3.8) is 0 Å². The molecule has 0 aliphatic carbocycles. The Labute approximate surface area is 196 Å². The molecule has 4 aromatic rings. The first-order chi connectivity index (χ1) is 16.2. The molecular formula is C26H28FN3O4. The van der Waals surface area contributed by atoms with E-state index in [-0.39, 0.29) is 11.7 Å². The van der Waals surface area contributed by atoms with Crippen molar-refractivity contribution < 1.29 is 23.8 Å². The Morgan fingerprint density at radius 1 is 1.35 bits per heavy atom. The minimum atomic E-state index is -0.950. The SMILES string of the molecule is COCC(C)(C)c1c(C2COC(C(=O)O)C2)c2cc3[nH]ncc3cc2n1-c1ccc(F)c(C)c1. The molecule has 1 saturated heterocycles. The fourth-order valence-corrected chi connectivity index (χ4v) is 5.29. The molecule has 0 bridgehead atoms. The number of halogens is 1. The lowest BCUT2D eigenvalue weighted by atomic mass is 9.82. The number of rotatable bonds is 6. The first kappa shape index (κ1) is 22.6. The molecular weight excluding hydrogens is 437 g/mol. The highest BCUT2D eigenvalue weighted by Gasteiger charge is 2.39. The van der Waals surface area contributed by atoms with E-state index in [1.165, 1.54) is 6.07 Å². The highest BCUT2D eigenvalue weighted by molar-refractivity contribution is 5.99. The molecule has 0 amide bonds. The summed E-state index contributed by atoms with van der Waals surface area (Å²) in [5.41, 5.74) is 4.86. The number of hydrogen-bond acceptors (Lipinski definition) is 4. The van der Waals surface area contributed by atoms with Crippen molar-refractivity contribution in [3.8, 4) is 5.69 Å². The van der Waals surface area contributed by atoms with Crippen LogP contribution >= 0.6 is 0 Å². The number of methoxy groups -OCH3 is 1. The molecule has 178 valence electrons. The van der Waals surface area contributed by atoms with Gasteiger partial charge >= 0.3 is 5.97 Å². The minimum Gasteiger partial charge on any atom is -0.479 e. The van der Waals surface area contributed by atoms with E-state index in [4.69, 9.17) is 9.47 Å². The van der Waals surface area contributed by atoms with E-state index >= 15 is 0 Å². The number of aromatic nitrogens is 3. The lowest BCUT2D eigenvalue weighted by Crippen LogP contribution is -2.29. The van der Waals surface area contributed by atoms with E-state index in [0.717, 1.165) is 38.8 Å². The van der Waals surface area contributed by atoms with Gasteiger partial charge in [0.15, 0.2) is 6.10 Å². The Morgan fingerprint density at radius 3 is 2.82 bits per heavy atom. The minimum absolute atomic E-state index is 0.113. The van der Waals surface area contributed by atoms with E-state index in [1.807, 2.05) is 6.07 Å². The lowest BCUT2D eigenvalue weighted by Gasteiger charge is -2.29. The van der Waals surface area contributed by atoms with Gasteiger partial charge in [-0.2, -0.15) is 5.10 Å². The zero-order chi connectivity index (χ0) is 24.2. The highest BCUT2D eigenvalue weighted by Crippen LogP contribution is 2.45. The number of nitrogens with one attached hydrogen (secondary N) is 1. The summed E-state index contributed by atoms with van der Waals surface area (Å²) in [7, 11) is 1.67. The maximum absolute atomic E-state index is 14.2. The van der Waals surface area contributed by atoms with Gasteiger partial charge in [0.25, 0.3) is 0 Å². The Bertz CT molecular complexity index is 1400. The highest BCUT2D eigenvalue weighted by atomic mass is 19.1. The quantitative estimate of drug-likeness (QED) is 0.426. The molecule has 8 heteroatoms. The molecule has 0 spiro atoms. The third-order valence-electron chi connectivity index (χ3n) is 6.79. The Morgan fingerprint density at radius 2 is 2.15 bits per heavy atom. The third-order valence-corrected chi connectivity index (χ3v) is 6.79. The molecule has 2 aromatic heterocycles. The van der Waals surface area contributed by atoms with Crippen molar-refractivity contribution in [3.05, 3.63) is 59.2 Å². The number of H-pyrrole nitrogens is 1. The first-order valence-corrected chi connectivity index (χ1v) is 11.3. The van der Waals surface area contributed by atoms with Crippen LogP contribution in [0.3, 0.4) is 0 Å². The van der Waals surface area contributed by atoms with Crippen LogP contribution in [-0.4, -0.2) is 52.3 Å². The standard InChI is InChI=1S/C26H28FN3O4/c1-14-7-17(5-6-19(14)27)30-21-8-15-11-28-29-20(15)10-18(21)23(24(30)26(2,3)13-33-4)16-9-22(25(31)32)34-12-16/h5-8,10-11,16,22H,9,12-13H2,1-4H3,(H,28,29)(H,31,32). The fourth-order valence-electron chi connectivity index (χ4n) is 5.29. The maximum atomic E-state index is 14.2. The van der Waals surface area contributed by atoms with Gasteiger partial charge in [0.05, 0.1) is 30.4 Å². The van der Waals surface area contributed by atoms with Gasteiger partial charge in [0.1, 0.15) is 5.82 Å². The first-order valence-electron chi connectivity index (χ1n) is 11.3. The van der Waals surface area contributed by atoms with Gasteiger partial charge in [-0.15, -0.1) is 0 Å². The average Bonchev–Trinajstić information content (AvgIpc) is 3.50. The number of hydrogen-bond donors (Lipinski definition) is 2. The number of aryl methyl sites for hydroxylation is 1. The molecule has 1 fully saturated rings. The average molecular weight is 466 g/mol. The Kier molecular flexibility index (Phi) is 5.45. The van der Waals surface area contributed by atoms with Crippen LogP contribution in [0.4, 0.5) is 4.39 Å². The number of fused-ring (bicyclic) bond motifs is 2. The second-order valence-electron chi connectivity index (χ2n) is 9.77. The smallest absolute Gasteiger partial charge is 0.332 e. The van der Waals surface area contributed by atoms with Crippen LogP contribution in [-0.2, 0) is 19.7 Å². The number of carboxylic acids is 1. The molecule has 7 nitrogen and oxygen atoms in total. The molecule has 1 aliphatic heterocycles. The van der Waals surface area contributed by atoms with E-state index in [2.05, 4.69) is 40.7 Å². The van der Waals surface area contributed by atoms with Gasteiger partial charge in [0, 0.05) is 40.6 Å². The Balaban J connectivity index is 1.88. The number of ether oxygens (including phenoxy) is 2. The molecule has 34 heavy (non-hydrogen) atoms. The molecule has 5 rings (SSSR count). The van der Waals surface area contributed by atoms with E-state index in [0.29, 0.717) is 25.2 Å². The summed E-state index contributed by atoms with van der Waals surface area (Å²) in [6.45, 7) is 6.74. The molecule has 2 aromatic carbocycles. The molecule has 0 radical (unpaired) electrons. The predicted octanol–water partition coefficient (Wildman–Crippen LogP) is 4.84. The van der Waals surface area contributed by atoms with Crippen LogP contribution < -0.4 is 0 Å². The van der Waals surface area contributed by atoms with Crippen LogP contribution in [0, 0.1) is 12.7 Å². The summed E-state index contributed by atoms with van der Waals surface area (Å²) in [6, 6.07) is 9.25. The molecule has 2 atom stereocenters. The van der Waals surface area contributed by atoms with E-state index in [9.17, 15) is 14.3 Å². The van der Waals surface area contributed by atoms with Gasteiger partial charge in [0.2, 0.25) is 0 Å². The van der Waals surface area contributed by atoms with Crippen molar-refractivity contribution >= 4 is 27.8 Å². The van der Waals surface area contributed by atoms with Crippen LogP contribution in [0.5, 0.6) is 0 Å². The molecule has 0 saturated carbocycles. The summed E-state index contributed by atoms with van der Waals surface area (Å²) in [6.07, 6.45) is 1.32. The van der Waals surface area contributed by atoms with E-state index in [1.54, 1.807) is 26.3 Å². The molecule has 2 N–H and O–H groups in total. The Hall–Kier alpha value is -3.23. The van der Waals surface area contributed by atoms with Crippen molar-refractivity contribution in [2.75, 3.05) is 20.3 Å². The van der Waals surface area contributed by atoms with Gasteiger partial charge in [-0.3, -0.25) is 5.10 Å². The van der Waals surface area contributed by atoms with Gasteiger partial charge in [-0.25, -0.2) is 9.18 Å². The molecule has 1 aliphatic rings. The number of nitrogens with zero attached hydrogens (tertiary/aromatic N) is 2.